The lowest BCUT2D eigenvalue weighted by Crippen LogP contribution is -2.49. The van der Waals surface area contributed by atoms with Gasteiger partial charge in [-0.15, -0.1) is 0 Å². The number of benzene rings is 1. The van der Waals surface area contributed by atoms with E-state index < -0.39 is 0 Å². The molecular weight excluding hydrogens is 384 g/mol. The predicted molar refractivity (Wildman–Crippen MR) is 113 cm³/mol. The minimum Gasteiger partial charge on any atom is -0.431 e. The molecule has 2 atom stereocenters. The smallest absolute Gasteiger partial charge is 0.279 e. The molecule has 1 aromatic carbocycles. The van der Waals surface area contributed by atoms with E-state index in [1.54, 1.807) is 13.1 Å². The Hall–Kier alpha value is -2.51. The molecule has 0 aliphatic carbocycles. The summed E-state index contributed by atoms with van der Waals surface area (Å²) in [5.41, 5.74) is 2.20. The zero-order valence-corrected chi connectivity index (χ0v) is 17.2. The molecule has 4 heterocycles. The van der Waals surface area contributed by atoms with Gasteiger partial charge in [0.05, 0.1) is 10.2 Å². The van der Waals surface area contributed by atoms with Crippen LogP contribution in [0.15, 0.2) is 42.7 Å². The summed E-state index contributed by atoms with van der Waals surface area (Å²) in [5.74, 6) is 0.885. The summed E-state index contributed by atoms with van der Waals surface area (Å²) in [6, 6.07) is 11.7. The molecule has 3 aromatic rings. The van der Waals surface area contributed by atoms with Crippen molar-refractivity contribution in [3.63, 3.8) is 0 Å². The second kappa shape index (κ2) is 7.72. The summed E-state index contributed by atoms with van der Waals surface area (Å²) in [5, 5.41) is 3.75. The van der Waals surface area contributed by atoms with E-state index in [1.807, 2.05) is 24.4 Å². The quantitative estimate of drug-likeness (QED) is 0.688. The van der Waals surface area contributed by atoms with Gasteiger partial charge in [-0.3, -0.25) is 14.7 Å². The average Bonchev–Trinajstić information content (AvgIpc) is 3.20. The van der Waals surface area contributed by atoms with E-state index in [1.165, 1.54) is 29.7 Å². The number of amides is 1. The summed E-state index contributed by atoms with van der Waals surface area (Å²) >= 11 is 1.50. The van der Waals surface area contributed by atoms with E-state index in [0.717, 1.165) is 35.4 Å². The molecule has 6 nitrogen and oxygen atoms in total. The molecule has 2 aromatic heterocycles. The maximum absolute atomic E-state index is 11.4. The van der Waals surface area contributed by atoms with Gasteiger partial charge in [0.2, 0.25) is 5.91 Å². The first-order valence-electron chi connectivity index (χ1n) is 10.1. The molecule has 150 valence electrons. The highest BCUT2D eigenvalue weighted by atomic mass is 32.1. The van der Waals surface area contributed by atoms with E-state index in [2.05, 4.69) is 32.3 Å². The van der Waals surface area contributed by atoms with Gasteiger partial charge in [-0.1, -0.05) is 23.5 Å². The number of nitrogens with one attached hydrogen (secondary N) is 1. The predicted octanol–water partition coefficient (Wildman–Crippen LogP) is 4.12. The molecule has 0 saturated carbocycles. The number of piperidine rings is 1. The topological polar surface area (TPSA) is 67.4 Å². The standard InChI is InChI=1S/C22H24N4O2S/c1-14(27)24-16-10-17-4-5-18(11-16)26(17)13-15-2-6-19(7-3-15)28-22-25-20-8-9-23-12-21(20)29-22/h2-3,6-9,12,16-18H,4-5,10-11,13H2,1H3,(H,24,27). The van der Waals surface area contributed by atoms with Crippen LogP contribution in [0.5, 0.6) is 10.9 Å². The SMILES string of the molecule is CC(=O)NC1CC2CCC(C1)N2Cc1ccc(Oc2nc3ccncc3s2)cc1. The van der Waals surface area contributed by atoms with E-state index in [4.69, 9.17) is 4.74 Å². The van der Waals surface area contributed by atoms with Crippen LogP contribution in [0, 0.1) is 0 Å². The molecule has 1 N–H and O–H groups in total. The lowest BCUT2D eigenvalue weighted by Gasteiger charge is -2.39. The molecule has 2 aliphatic heterocycles. The highest BCUT2D eigenvalue weighted by molar-refractivity contribution is 7.20. The van der Waals surface area contributed by atoms with Crippen LogP contribution in [-0.4, -0.2) is 38.9 Å². The fourth-order valence-electron chi connectivity index (χ4n) is 4.71. The van der Waals surface area contributed by atoms with Gasteiger partial charge in [-0.05, 0) is 49.4 Å². The molecule has 1 amide bonds. The molecule has 7 heteroatoms. The first kappa shape index (κ1) is 18.5. The summed E-state index contributed by atoms with van der Waals surface area (Å²) in [7, 11) is 0. The third kappa shape index (κ3) is 3.97. The van der Waals surface area contributed by atoms with Crippen molar-refractivity contribution in [3.05, 3.63) is 48.3 Å². The molecule has 2 fully saturated rings. The molecule has 2 saturated heterocycles. The first-order valence-corrected chi connectivity index (χ1v) is 11.0. The summed E-state index contributed by atoms with van der Waals surface area (Å²) in [6.45, 7) is 2.57. The molecule has 0 radical (unpaired) electrons. The van der Waals surface area contributed by atoms with Crippen LogP contribution in [0.3, 0.4) is 0 Å². The maximum atomic E-state index is 11.4. The second-order valence-electron chi connectivity index (χ2n) is 8.00. The minimum absolute atomic E-state index is 0.0860. The second-order valence-corrected chi connectivity index (χ2v) is 8.99. The number of thiazole rings is 1. The van der Waals surface area contributed by atoms with Gasteiger partial charge in [-0.25, -0.2) is 4.98 Å². The zero-order chi connectivity index (χ0) is 19.8. The van der Waals surface area contributed by atoms with Gasteiger partial charge in [0, 0.05) is 44.0 Å². The van der Waals surface area contributed by atoms with Crippen molar-refractivity contribution < 1.29 is 9.53 Å². The Balaban J connectivity index is 1.22. The number of nitrogens with zero attached hydrogens (tertiary/aromatic N) is 3. The van der Waals surface area contributed by atoms with Crippen molar-refractivity contribution in [3.8, 4) is 10.9 Å². The molecule has 5 rings (SSSR count). The number of carbonyl (C=O) groups excluding carboxylic acids is 1. The first-order chi connectivity index (χ1) is 14.1. The van der Waals surface area contributed by atoms with Crippen molar-refractivity contribution in [1.29, 1.82) is 0 Å². The lowest BCUT2D eigenvalue weighted by atomic mass is 9.96. The Labute approximate surface area is 173 Å². The summed E-state index contributed by atoms with van der Waals surface area (Å²) < 4.78 is 6.97. The third-order valence-electron chi connectivity index (χ3n) is 5.96. The van der Waals surface area contributed by atoms with Crippen LogP contribution in [0.2, 0.25) is 0 Å². The van der Waals surface area contributed by atoms with Crippen LogP contribution >= 0.6 is 11.3 Å². The van der Waals surface area contributed by atoms with Crippen LogP contribution in [0.4, 0.5) is 0 Å². The Kier molecular flexibility index (Phi) is 4.93. The maximum Gasteiger partial charge on any atom is 0.279 e. The van der Waals surface area contributed by atoms with Crippen molar-refractivity contribution in [1.82, 2.24) is 20.2 Å². The molecule has 2 unspecified atom stereocenters. The van der Waals surface area contributed by atoms with Gasteiger partial charge in [-0.2, -0.15) is 0 Å². The van der Waals surface area contributed by atoms with E-state index in [0.29, 0.717) is 23.3 Å². The number of hydrogen-bond donors (Lipinski definition) is 1. The van der Waals surface area contributed by atoms with E-state index in [-0.39, 0.29) is 5.91 Å². The number of rotatable bonds is 5. The lowest BCUT2D eigenvalue weighted by molar-refractivity contribution is -0.120. The van der Waals surface area contributed by atoms with Crippen LogP contribution in [0.25, 0.3) is 10.2 Å². The van der Waals surface area contributed by atoms with Gasteiger partial charge >= 0.3 is 0 Å². The van der Waals surface area contributed by atoms with Gasteiger partial charge in [0.25, 0.3) is 5.19 Å². The van der Waals surface area contributed by atoms with E-state index >= 15 is 0 Å². The van der Waals surface area contributed by atoms with Crippen molar-refractivity contribution in [2.24, 2.45) is 0 Å². The molecule has 2 bridgehead atoms. The molecule has 2 aliphatic rings. The number of pyridine rings is 1. The number of aromatic nitrogens is 2. The number of fused-ring (bicyclic) bond motifs is 3. The normalized spacial score (nSPS) is 24.0. The van der Waals surface area contributed by atoms with Gasteiger partial charge in [0.15, 0.2) is 0 Å². The Morgan fingerprint density at radius 2 is 1.97 bits per heavy atom. The number of hydrogen-bond acceptors (Lipinski definition) is 6. The van der Waals surface area contributed by atoms with Crippen molar-refractivity contribution in [2.75, 3.05) is 0 Å². The highest BCUT2D eigenvalue weighted by Gasteiger charge is 2.40. The van der Waals surface area contributed by atoms with Gasteiger partial charge in [0.1, 0.15) is 5.75 Å². The third-order valence-corrected chi connectivity index (χ3v) is 6.84. The average molecular weight is 409 g/mol. The highest BCUT2D eigenvalue weighted by Crippen LogP contribution is 2.37. The van der Waals surface area contributed by atoms with Crippen LogP contribution in [0.1, 0.15) is 38.2 Å². The van der Waals surface area contributed by atoms with Crippen molar-refractivity contribution >= 4 is 27.5 Å². The fourth-order valence-corrected chi connectivity index (χ4v) is 5.52. The van der Waals surface area contributed by atoms with Gasteiger partial charge < -0.3 is 10.1 Å². The summed E-state index contributed by atoms with van der Waals surface area (Å²) in [4.78, 5) is 22.6. The van der Waals surface area contributed by atoms with E-state index in [9.17, 15) is 4.79 Å². The Morgan fingerprint density at radius 1 is 1.21 bits per heavy atom. The molecule has 29 heavy (non-hydrogen) atoms. The monoisotopic (exact) mass is 408 g/mol. The number of carbonyl (C=O) groups is 1. The fraction of sp³-hybridized carbons (Fsp3) is 0.409. The minimum atomic E-state index is 0.0860. The molecular formula is C22H24N4O2S. The molecule has 0 spiro atoms. The zero-order valence-electron chi connectivity index (χ0n) is 16.4. The van der Waals surface area contributed by atoms with Crippen LogP contribution in [-0.2, 0) is 11.3 Å². The van der Waals surface area contributed by atoms with Crippen molar-refractivity contribution in [2.45, 2.75) is 57.3 Å². The summed E-state index contributed by atoms with van der Waals surface area (Å²) in [6.07, 6.45) is 8.13. The Bertz CT molecular complexity index is 972. The number of ether oxygens (including phenoxy) is 1. The van der Waals surface area contributed by atoms with Crippen LogP contribution < -0.4 is 10.1 Å². The largest absolute Gasteiger partial charge is 0.431 e. The Morgan fingerprint density at radius 3 is 2.66 bits per heavy atom.